The molecule has 4 heteroatoms. The van der Waals surface area contributed by atoms with Gasteiger partial charge in [0, 0.05) is 11.4 Å². The minimum Gasteiger partial charge on any atom is -0.487 e. The van der Waals surface area contributed by atoms with Crippen molar-refractivity contribution in [3.05, 3.63) is 45.9 Å². The van der Waals surface area contributed by atoms with Gasteiger partial charge in [-0.05, 0) is 31.0 Å². The number of thiazole rings is 1. The molecule has 0 amide bonds. The molecule has 1 aromatic heterocycles. The Morgan fingerprint density at radius 2 is 2.06 bits per heavy atom. The van der Waals surface area contributed by atoms with Crippen LogP contribution >= 0.6 is 11.3 Å². The van der Waals surface area contributed by atoms with Crippen LogP contribution in [0.5, 0.6) is 5.75 Å². The molecule has 18 heavy (non-hydrogen) atoms. The highest BCUT2D eigenvalue weighted by Gasteiger charge is 2.04. The van der Waals surface area contributed by atoms with Gasteiger partial charge in [0.25, 0.3) is 0 Å². The molecule has 0 aliphatic carbocycles. The molecule has 0 radical (unpaired) electrons. The van der Waals surface area contributed by atoms with Crippen molar-refractivity contribution in [2.24, 2.45) is 5.73 Å². The second-order valence-corrected chi connectivity index (χ2v) is 5.29. The van der Waals surface area contributed by atoms with Gasteiger partial charge < -0.3 is 10.5 Å². The van der Waals surface area contributed by atoms with Crippen LogP contribution in [0.3, 0.4) is 0 Å². The molecule has 1 heterocycles. The fraction of sp³-hybridized carbons (Fsp3) is 0.357. The van der Waals surface area contributed by atoms with Crippen molar-refractivity contribution in [1.29, 1.82) is 0 Å². The van der Waals surface area contributed by atoms with Crippen molar-refractivity contribution in [3.63, 3.8) is 0 Å². The highest BCUT2D eigenvalue weighted by molar-refractivity contribution is 7.09. The van der Waals surface area contributed by atoms with E-state index in [1.54, 1.807) is 11.3 Å². The van der Waals surface area contributed by atoms with Gasteiger partial charge in [0.15, 0.2) is 0 Å². The number of rotatable bonds is 5. The Balaban J connectivity index is 1.94. The minimum atomic E-state index is 0.111. The number of aryl methyl sites for hydroxylation is 1. The van der Waals surface area contributed by atoms with Gasteiger partial charge in [-0.1, -0.05) is 19.1 Å². The van der Waals surface area contributed by atoms with E-state index in [1.165, 1.54) is 0 Å². The van der Waals surface area contributed by atoms with E-state index in [1.807, 2.05) is 36.6 Å². The Morgan fingerprint density at radius 3 is 2.61 bits per heavy atom. The van der Waals surface area contributed by atoms with Gasteiger partial charge in [-0.25, -0.2) is 4.98 Å². The molecule has 96 valence electrons. The van der Waals surface area contributed by atoms with Crippen molar-refractivity contribution in [1.82, 2.24) is 4.98 Å². The third-order valence-corrected chi connectivity index (χ3v) is 3.62. The first-order valence-corrected chi connectivity index (χ1v) is 6.96. The number of hydrogen-bond donors (Lipinski definition) is 1. The molecule has 2 aromatic rings. The van der Waals surface area contributed by atoms with Gasteiger partial charge in [-0.15, -0.1) is 11.3 Å². The second kappa shape index (κ2) is 5.98. The minimum absolute atomic E-state index is 0.111. The van der Waals surface area contributed by atoms with Gasteiger partial charge in [-0.2, -0.15) is 0 Å². The zero-order valence-electron chi connectivity index (χ0n) is 10.7. The Bertz CT molecular complexity index is 493. The molecule has 0 aliphatic rings. The van der Waals surface area contributed by atoms with E-state index < -0.39 is 0 Å². The molecule has 0 fully saturated rings. The molecule has 0 unspecified atom stereocenters. The summed E-state index contributed by atoms with van der Waals surface area (Å²) in [6, 6.07) is 8.08. The molecule has 0 saturated heterocycles. The molecule has 0 saturated carbocycles. The molecule has 3 nitrogen and oxygen atoms in total. The summed E-state index contributed by atoms with van der Waals surface area (Å²) < 4.78 is 5.68. The van der Waals surface area contributed by atoms with E-state index >= 15 is 0 Å². The average molecular weight is 262 g/mol. The van der Waals surface area contributed by atoms with E-state index in [0.29, 0.717) is 6.61 Å². The Morgan fingerprint density at radius 1 is 1.33 bits per heavy atom. The summed E-state index contributed by atoms with van der Waals surface area (Å²) in [6.07, 6.45) is 0.943. The Hall–Kier alpha value is -1.39. The number of ether oxygens (including phenoxy) is 1. The molecule has 1 aromatic carbocycles. The lowest BCUT2D eigenvalue weighted by molar-refractivity contribution is 0.302. The SMILES string of the molecule is CC[C@@H](N)c1ccc(OCc2csc(C)n2)cc1. The number of nitrogens with zero attached hydrogens (tertiary/aromatic N) is 1. The summed E-state index contributed by atoms with van der Waals surface area (Å²) in [4.78, 5) is 4.36. The normalized spacial score (nSPS) is 12.4. The average Bonchev–Trinajstić information content (AvgIpc) is 2.82. The van der Waals surface area contributed by atoms with E-state index in [4.69, 9.17) is 10.5 Å². The molecule has 0 bridgehead atoms. The van der Waals surface area contributed by atoms with Crippen LogP contribution in [0.2, 0.25) is 0 Å². The van der Waals surface area contributed by atoms with Crippen LogP contribution in [0.1, 0.15) is 35.7 Å². The van der Waals surface area contributed by atoms with Gasteiger partial charge >= 0.3 is 0 Å². The van der Waals surface area contributed by atoms with Crippen LogP contribution in [-0.4, -0.2) is 4.98 Å². The van der Waals surface area contributed by atoms with Crippen LogP contribution in [0, 0.1) is 6.92 Å². The van der Waals surface area contributed by atoms with E-state index in [0.717, 1.165) is 28.4 Å². The van der Waals surface area contributed by atoms with Crippen molar-refractivity contribution < 1.29 is 4.74 Å². The lowest BCUT2D eigenvalue weighted by atomic mass is 10.1. The molecule has 0 spiro atoms. The van der Waals surface area contributed by atoms with Crippen LogP contribution in [0.15, 0.2) is 29.6 Å². The largest absolute Gasteiger partial charge is 0.487 e. The van der Waals surface area contributed by atoms with Crippen LogP contribution in [-0.2, 0) is 6.61 Å². The lowest BCUT2D eigenvalue weighted by Gasteiger charge is -2.10. The topological polar surface area (TPSA) is 48.1 Å². The first kappa shape index (κ1) is 13.1. The molecule has 0 aliphatic heterocycles. The first-order valence-electron chi connectivity index (χ1n) is 6.08. The molecule has 1 atom stereocenters. The van der Waals surface area contributed by atoms with Crippen molar-refractivity contribution in [2.45, 2.75) is 32.9 Å². The fourth-order valence-electron chi connectivity index (χ4n) is 1.68. The summed E-state index contributed by atoms with van der Waals surface area (Å²) in [6.45, 7) is 4.60. The number of benzene rings is 1. The first-order chi connectivity index (χ1) is 8.69. The molecular weight excluding hydrogens is 244 g/mol. The summed E-state index contributed by atoms with van der Waals surface area (Å²) in [5, 5.41) is 3.09. The van der Waals surface area contributed by atoms with E-state index in [-0.39, 0.29) is 6.04 Å². The van der Waals surface area contributed by atoms with Crippen molar-refractivity contribution >= 4 is 11.3 Å². The maximum absolute atomic E-state index is 5.96. The van der Waals surface area contributed by atoms with Crippen LogP contribution in [0.25, 0.3) is 0 Å². The smallest absolute Gasteiger partial charge is 0.131 e. The zero-order chi connectivity index (χ0) is 13.0. The second-order valence-electron chi connectivity index (χ2n) is 4.23. The maximum atomic E-state index is 5.96. The maximum Gasteiger partial charge on any atom is 0.131 e. The monoisotopic (exact) mass is 262 g/mol. The summed E-state index contributed by atoms with van der Waals surface area (Å²) in [5.74, 6) is 0.854. The highest BCUT2D eigenvalue weighted by Crippen LogP contribution is 2.19. The lowest BCUT2D eigenvalue weighted by Crippen LogP contribution is -2.08. The van der Waals surface area contributed by atoms with Crippen LogP contribution < -0.4 is 10.5 Å². The van der Waals surface area contributed by atoms with E-state index in [9.17, 15) is 0 Å². The predicted octanol–water partition coefficient (Wildman–Crippen LogP) is 3.44. The fourth-order valence-corrected chi connectivity index (χ4v) is 2.28. The Kier molecular flexibility index (Phi) is 4.33. The van der Waals surface area contributed by atoms with Crippen molar-refractivity contribution in [2.75, 3.05) is 0 Å². The standard InChI is InChI=1S/C14H18N2OS/c1-3-14(15)11-4-6-13(7-5-11)17-8-12-9-18-10(2)16-12/h4-7,9,14H,3,8,15H2,1-2H3/t14-/m1/s1. The van der Waals surface area contributed by atoms with Crippen LogP contribution in [0.4, 0.5) is 0 Å². The third kappa shape index (κ3) is 3.31. The highest BCUT2D eigenvalue weighted by atomic mass is 32.1. The summed E-state index contributed by atoms with van der Waals surface area (Å²) >= 11 is 1.64. The molecule has 2 rings (SSSR count). The zero-order valence-corrected chi connectivity index (χ0v) is 11.5. The summed E-state index contributed by atoms with van der Waals surface area (Å²) in [5.41, 5.74) is 8.09. The quantitative estimate of drug-likeness (QED) is 0.898. The van der Waals surface area contributed by atoms with Gasteiger partial charge in [0.1, 0.15) is 12.4 Å². The van der Waals surface area contributed by atoms with E-state index in [2.05, 4.69) is 11.9 Å². The molecule has 2 N–H and O–H groups in total. The number of hydrogen-bond acceptors (Lipinski definition) is 4. The van der Waals surface area contributed by atoms with Gasteiger partial charge in [0.2, 0.25) is 0 Å². The van der Waals surface area contributed by atoms with Gasteiger partial charge in [0.05, 0.1) is 10.7 Å². The Labute approximate surface area is 112 Å². The predicted molar refractivity (Wildman–Crippen MR) is 74.8 cm³/mol. The molecular formula is C14H18N2OS. The summed E-state index contributed by atoms with van der Waals surface area (Å²) in [7, 11) is 0. The third-order valence-electron chi connectivity index (χ3n) is 2.80. The van der Waals surface area contributed by atoms with Crippen molar-refractivity contribution in [3.8, 4) is 5.75 Å². The number of nitrogens with two attached hydrogens (primary N) is 1. The van der Waals surface area contributed by atoms with Gasteiger partial charge in [-0.3, -0.25) is 0 Å². The number of aromatic nitrogens is 1.